The molecule has 1 heterocycles. The van der Waals surface area contributed by atoms with E-state index in [-0.39, 0.29) is 5.78 Å². The number of carbonyl (C=O) groups excluding carboxylic acids is 1. The lowest BCUT2D eigenvalue weighted by Gasteiger charge is -2.02. The highest BCUT2D eigenvalue weighted by atomic mass is 79.9. The van der Waals surface area contributed by atoms with Crippen molar-refractivity contribution in [3.8, 4) is 0 Å². The van der Waals surface area contributed by atoms with Crippen LogP contribution in [0, 0.1) is 0 Å². The first-order chi connectivity index (χ1) is 8.15. The minimum absolute atomic E-state index is 0.0288. The summed E-state index contributed by atoms with van der Waals surface area (Å²) >= 11 is 9.16. The number of ketones is 1. The number of carbonyl (C=O) groups is 1. The molecule has 0 atom stereocenters. The van der Waals surface area contributed by atoms with Gasteiger partial charge < -0.3 is 0 Å². The number of rotatable bonds is 3. The van der Waals surface area contributed by atoms with Gasteiger partial charge in [0.25, 0.3) is 0 Å². The number of hydrogen-bond donors (Lipinski definition) is 0. The van der Waals surface area contributed by atoms with Crippen molar-refractivity contribution >= 4 is 33.3 Å². The van der Waals surface area contributed by atoms with Crippen molar-refractivity contribution < 1.29 is 4.79 Å². The van der Waals surface area contributed by atoms with E-state index in [1.54, 1.807) is 30.6 Å². The maximum absolute atomic E-state index is 12.0. The smallest absolute Gasteiger partial charge is 0.168 e. The van der Waals surface area contributed by atoms with E-state index in [0.717, 1.165) is 10.0 Å². The second-order valence-electron chi connectivity index (χ2n) is 3.62. The zero-order valence-corrected chi connectivity index (χ0v) is 11.2. The number of nitrogens with zero attached hydrogens (tertiary/aromatic N) is 1. The van der Waals surface area contributed by atoms with Crippen LogP contribution < -0.4 is 0 Å². The van der Waals surface area contributed by atoms with Crippen LogP contribution >= 0.6 is 27.5 Å². The van der Waals surface area contributed by atoms with Crippen LogP contribution in [0.3, 0.4) is 0 Å². The Morgan fingerprint density at radius 2 is 2.12 bits per heavy atom. The van der Waals surface area contributed by atoms with Crippen molar-refractivity contribution in [2.24, 2.45) is 0 Å². The lowest BCUT2D eigenvalue weighted by molar-refractivity contribution is 0.0992. The molecular weight excluding hydrogens is 302 g/mol. The topological polar surface area (TPSA) is 30.0 Å². The van der Waals surface area contributed by atoms with Crippen molar-refractivity contribution in [1.82, 2.24) is 4.98 Å². The number of hydrogen-bond acceptors (Lipinski definition) is 2. The molecule has 2 aromatic rings. The lowest BCUT2D eigenvalue weighted by atomic mass is 10.0. The van der Waals surface area contributed by atoms with Crippen molar-refractivity contribution in [3.05, 3.63) is 63.3 Å². The van der Waals surface area contributed by atoms with Gasteiger partial charge in [-0.05, 0) is 39.7 Å². The molecule has 17 heavy (non-hydrogen) atoms. The number of pyridine rings is 1. The van der Waals surface area contributed by atoms with E-state index >= 15 is 0 Å². The van der Waals surface area contributed by atoms with Crippen molar-refractivity contribution in [2.75, 3.05) is 0 Å². The monoisotopic (exact) mass is 309 g/mol. The maximum Gasteiger partial charge on any atom is 0.168 e. The van der Waals surface area contributed by atoms with Crippen LogP contribution in [0.15, 0.2) is 47.2 Å². The van der Waals surface area contributed by atoms with Gasteiger partial charge in [0.1, 0.15) is 0 Å². The summed E-state index contributed by atoms with van der Waals surface area (Å²) in [5, 5.41) is 0.641. The average Bonchev–Trinajstić information content (AvgIpc) is 2.29. The first-order valence-electron chi connectivity index (χ1n) is 5.03. The van der Waals surface area contributed by atoms with Crippen LogP contribution in [0.5, 0.6) is 0 Å². The molecular formula is C13H9BrClNO. The van der Waals surface area contributed by atoms with Crippen LogP contribution in [-0.4, -0.2) is 10.8 Å². The number of halogens is 2. The Bertz CT molecular complexity index is 557. The molecule has 2 nitrogen and oxygen atoms in total. The third-order valence-corrected chi connectivity index (χ3v) is 2.95. The van der Waals surface area contributed by atoms with Crippen molar-refractivity contribution in [1.29, 1.82) is 0 Å². The minimum atomic E-state index is 0.0288. The molecule has 1 aromatic carbocycles. The van der Waals surface area contributed by atoms with Crippen LogP contribution in [-0.2, 0) is 6.42 Å². The molecule has 2 rings (SSSR count). The standard InChI is InChI=1S/C13H9BrClNO/c14-11-6-10(7-16-8-11)13(17)5-9-2-1-3-12(15)4-9/h1-4,6-8H,5H2. The average molecular weight is 311 g/mol. The fourth-order valence-corrected chi connectivity index (χ4v) is 2.08. The van der Waals surface area contributed by atoms with Gasteiger partial charge in [0.05, 0.1) is 0 Å². The number of aromatic nitrogens is 1. The van der Waals surface area contributed by atoms with Gasteiger partial charge in [0.15, 0.2) is 5.78 Å². The van der Waals surface area contributed by atoms with Gasteiger partial charge in [-0.2, -0.15) is 0 Å². The summed E-state index contributed by atoms with van der Waals surface area (Å²) in [5.74, 6) is 0.0288. The highest BCUT2D eigenvalue weighted by molar-refractivity contribution is 9.10. The Morgan fingerprint density at radius 1 is 1.29 bits per heavy atom. The van der Waals surface area contributed by atoms with Crippen molar-refractivity contribution in [3.63, 3.8) is 0 Å². The fraction of sp³-hybridized carbons (Fsp3) is 0.0769. The van der Waals surface area contributed by atoms with Gasteiger partial charge >= 0.3 is 0 Å². The molecule has 0 bridgehead atoms. The van der Waals surface area contributed by atoms with Crippen LogP contribution in [0.1, 0.15) is 15.9 Å². The normalized spacial score (nSPS) is 10.2. The Hall–Kier alpha value is -1.19. The summed E-state index contributed by atoms with van der Waals surface area (Å²) in [6, 6.07) is 9.07. The van der Waals surface area contributed by atoms with E-state index in [0.29, 0.717) is 17.0 Å². The maximum atomic E-state index is 12.0. The van der Waals surface area contributed by atoms with Crippen LogP contribution in [0.25, 0.3) is 0 Å². The summed E-state index contributed by atoms with van der Waals surface area (Å²) in [5.41, 5.74) is 1.50. The van der Waals surface area contributed by atoms with Gasteiger partial charge in [-0.1, -0.05) is 23.7 Å². The predicted octanol–water partition coefficient (Wildman–Crippen LogP) is 3.92. The Labute approximate surface area is 113 Å². The highest BCUT2D eigenvalue weighted by Gasteiger charge is 2.08. The zero-order chi connectivity index (χ0) is 12.3. The first kappa shape index (κ1) is 12.3. The Balaban J connectivity index is 2.17. The molecule has 0 fully saturated rings. The van der Waals surface area contributed by atoms with Gasteiger partial charge in [-0.25, -0.2) is 0 Å². The fourth-order valence-electron chi connectivity index (χ4n) is 1.50. The summed E-state index contributed by atoms with van der Waals surface area (Å²) in [4.78, 5) is 15.9. The van der Waals surface area contributed by atoms with E-state index in [1.165, 1.54) is 0 Å². The molecule has 4 heteroatoms. The molecule has 86 valence electrons. The second-order valence-corrected chi connectivity index (χ2v) is 4.97. The molecule has 0 saturated heterocycles. The Morgan fingerprint density at radius 3 is 2.82 bits per heavy atom. The molecule has 0 aliphatic rings. The van der Waals surface area contributed by atoms with Gasteiger partial charge in [0.2, 0.25) is 0 Å². The summed E-state index contributed by atoms with van der Waals surface area (Å²) in [7, 11) is 0. The molecule has 0 radical (unpaired) electrons. The number of benzene rings is 1. The quantitative estimate of drug-likeness (QED) is 0.804. The molecule has 1 aromatic heterocycles. The largest absolute Gasteiger partial charge is 0.294 e. The second kappa shape index (κ2) is 5.43. The van der Waals surface area contributed by atoms with E-state index in [2.05, 4.69) is 20.9 Å². The molecule has 0 aliphatic carbocycles. The van der Waals surface area contributed by atoms with E-state index in [9.17, 15) is 4.79 Å². The predicted molar refractivity (Wildman–Crippen MR) is 71.4 cm³/mol. The van der Waals surface area contributed by atoms with Crippen LogP contribution in [0.4, 0.5) is 0 Å². The van der Waals surface area contributed by atoms with E-state index in [1.807, 2.05) is 12.1 Å². The molecule has 0 spiro atoms. The zero-order valence-electron chi connectivity index (χ0n) is 8.86. The highest BCUT2D eigenvalue weighted by Crippen LogP contribution is 2.15. The lowest BCUT2D eigenvalue weighted by Crippen LogP contribution is -2.03. The minimum Gasteiger partial charge on any atom is -0.294 e. The first-order valence-corrected chi connectivity index (χ1v) is 6.20. The summed E-state index contributed by atoms with van der Waals surface area (Å²) < 4.78 is 0.800. The van der Waals surface area contributed by atoms with Crippen LogP contribution in [0.2, 0.25) is 5.02 Å². The molecule has 0 N–H and O–H groups in total. The van der Waals surface area contributed by atoms with E-state index < -0.39 is 0 Å². The summed E-state index contributed by atoms with van der Waals surface area (Å²) in [6.45, 7) is 0. The SMILES string of the molecule is O=C(Cc1cccc(Cl)c1)c1cncc(Br)c1. The van der Waals surface area contributed by atoms with Gasteiger partial charge in [-0.3, -0.25) is 9.78 Å². The van der Waals surface area contributed by atoms with Crippen molar-refractivity contribution in [2.45, 2.75) is 6.42 Å². The number of Topliss-reactive ketones (excluding diaryl/α,β-unsaturated/α-hetero) is 1. The van der Waals surface area contributed by atoms with Gasteiger partial charge in [0, 0.05) is 33.9 Å². The third-order valence-electron chi connectivity index (χ3n) is 2.28. The molecule has 0 saturated carbocycles. The third kappa shape index (κ3) is 3.38. The van der Waals surface area contributed by atoms with Gasteiger partial charge in [-0.15, -0.1) is 0 Å². The van der Waals surface area contributed by atoms with E-state index in [4.69, 9.17) is 11.6 Å². The summed E-state index contributed by atoms with van der Waals surface area (Å²) in [6.07, 6.45) is 3.55. The molecule has 0 unspecified atom stereocenters. The molecule has 0 amide bonds. The Kier molecular flexibility index (Phi) is 3.92. The molecule has 0 aliphatic heterocycles.